The van der Waals surface area contributed by atoms with Crippen molar-refractivity contribution in [3.05, 3.63) is 28.8 Å². The van der Waals surface area contributed by atoms with Gasteiger partial charge in [0.05, 0.1) is 10.6 Å². The first-order valence-electron chi connectivity index (χ1n) is 2.80. The predicted octanol–water partition coefficient (Wildman–Crippen LogP) is 2.42. The van der Waals surface area contributed by atoms with Gasteiger partial charge in [0.25, 0.3) is 5.24 Å². The Morgan fingerprint density at radius 1 is 1.45 bits per heavy atom. The smallest absolute Gasteiger partial charge is 0.256 e. The van der Waals surface area contributed by atoms with Crippen LogP contribution in [0.1, 0.15) is 10.4 Å². The van der Waals surface area contributed by atoms with E-state index in [1.807, 2.05) is 0 Å². The maximum absolute atomic E-state index is 10.6. The van der Waals surface area contributed by atoms with Gasteiger partial charge in [-0.15, -0.1) is 0 Å². The zero-order chi connectivity index (χ0) is 8.43. The highest BCUT2D eigenvalue weighted by atomic mass is 35.5. The first-order chi connectivity index (χ1) is 5.13. The van der Waals surface area contributed by atoms with Crippen molar-refractivity contribution in [2.24, 2.45) is 0 Å². The van der Waals surface area contributed by atoms with E-state index in [0.717, 1.165) is 0 Å². The Morgan fingerprint density at radius 3 is 2.55 bits per heavy atom. The van der Waals surface area contributed by atoms with Crippen molar-refractivity contribution in [1.29, 1.82) is 0 Å². The molecule has 0 aliphatic heterocycles. The van der Waals surface area contributed by atoms with Crippen molar-refractivity contribution in [3.63, 3.8) is 0 Å². The van der Waals surface area contributed by atoms with Gasteiger partial charge in [-0.3, -0.25) is 4.79 Å². The van der Waals surface area contributed by atoms with Crippen LogP contribution in [0.15, 0.2) is 18.2 Å². The molecule has 0 spiro atoms. The summed E-state index contributed by atoms with van der Waals surface area (Å²) < 4.78 is 0. The molecule has 0 saturated heterocycles. The monoisotopic (exact) mass is 190 g/mol. The van der Waals surface area contributed by atoms with Gasteiger partial charge in [0, 0.05) is 0 Å². The number of halogens is 2. The summed E-state index contributed by atoms with van der Waals surface area (Å²) in [5, 5.41) is 8.53. The molecule has 0 unspecified atom stereocenters. The van der Waals surface area contributed by atoms with Crippen LogP contribution in [0.25, 0.3) is 0 Å². The van der Waals surface area contributed by atoms with E-state index in [-0.39, 0.29) is 16.3 Å². The SMILES string of the molecule is O=C(Cl)c1cccc(Cl)c1O. The topological polar surface area (TPSA) is 37.3 Å². The molecule has 0 saturated carbocycles. The molecule has 11 heavy (non-hydrogen) atoms. The molecule has 1 aromatic carbocycles. The van der Waals surface area contributed by atoms with Crippen LogP contribution >= 0.6 is 23.2 Å². The number of aromatic hydroxyl groups is 1. The fourth-order valence-electron chi connectivity index (χ4n) is 0.674. The van der Waals surface area contributed by atoms with Gasteiger partial charge in [-0.1, -0.05) is 17.7 Å². The Balaban J connectivity index is 3.27. The van der Waals surface area contributed by atoms with E-state index < -0.39 is 5.24 Å². The van der Waals surface area contributed by atoms with Crippen LogP contribution in [-0.4, -0.2) is 10.3 Å². The summed E-state index contributed by atoms with van der Waals surface area (Å²) in [6.45, 7) is 0. The Hall–Kier alpha value is -0.730. The lowest BCUT2D eigenvalue weighted by atomic mass is 10.2. The molecule has 4 heteroatoms. The fraction of sp³-hybridized carbons (Fsp3) is 0. The highest BCUT2D eigenvalue weighted by molar-refractivity contribution is 6.68. The van der Waals surface area contributed by atoms with Gasteiger partial charge < -0.3 is 5.11 Å². The summed E-state index contributed by atoms with van der Waals surface area (Å²) in [4.78, 5) is 10.6. The Morgan fingerprint density at radius 2 is 2.09 bits per heavy atom. The molecule has 0 fully saturated rings. The summed E-state index contributed by atoms with van der Waals surface area (Å²) in [6.07, 6.45) is 0. The zero-order valence-electron chi connectivity index (χ0n) is 5.34. The van der Waals surface area contributed by atoms with Crippen molar-refractivity contribution in [3.8, 4) is 5.75 Å². The molecule has 58 valence electrons. The molecule has 0 heterocycles. The molecular weight excluding hydrogens is 187 g/mol. The maximum Gasteiger partial charge on any atom is 0.256 e. The molecule has 0 aliphatic rings. The third-order valence-electron chi connectivity index (χ3n) is 1.20. The third-order valence-corrected chi connectivity index (χ3v) is 1.71. The Labute approximate surface area is 73.4 Å². The van der Waals surface area contributed by atoms with E-state index in [1.54, 1.807) is 0 Å². The maximum atomic E-state index is 10.6. The molecule has 0 radical (unpaired) electrons. The number of phenols is 1. The largest absolute Gasteiger partial charge is 0.506 e. The van der Waals surface area contributed by atoms with Crippen LogP contribution in [-0.2, 0) is 0 Å². The second kappa shape index (κ2) is 3.11. The van der Waals surface area contributed by atoms with Gasteiger partial charge >= 0.3 is 0 Å². The molecule has 0 atom stereocenters. The summed E-state index contributed by atoms with van der Waals surface area (Å²) in [5.74, 6) is -0.269. The quantitative estimate of drug-likeness (QED) is 0.692. The average molecular weight is 191 g/mol. The van der Waals surface area contributed by atoms with Crippen LogP contribution in [0.4, 0.5) is 0 Å². The second-order valence-electron chi connectivity index (χ2n) is 1.91. The number of phenolic OH excluding ortho intramolecular Hbond substituents is 1. The molecule has 1 rings (SSSR count). The number of hydrogen-bond acceptors (Lipinski definition) is 2. The highest BCUT2D eigenvalue weighted by Gasteiger charge is 2.09. The van der Waals surface area contributed by atoms with E-state index >= 15 is 0 Å². The number of carbonyl (C=O) groups excluding carboxylic acids is 1. The van der Waals surface area contributed by atoms with Crippen molar-refractivity contribution >= 4 is 28.4 Å². The van der Waals surface area contributed by atoms with Crippen LogP contribution in [0, 0.1) is 0 Å². The molecule has 0 amide bonds. The number of benzene rings is 1. The van der Waals surface area contributed by atoms with Crippen LogP contribution in [0.3, 0.4) is 0 Å². The standard InChI is InChI=1S/C7H4Cl2O2/c8-5-3-1-2-4(6(5)10)7(9)11/h1-3,10H. The minimum atomic E-state index is -0.718. The van der Waals surface area contributed by atoms with Gasteiger partial charge in [-0.25, -0.2) is 0 Å². The number of para-hydroxylation sites is 1. The average Bonchev–Trinajstić information content (AvgIpc) is 1.94. The van der Waals surface area contributed by atoms with Gasteiger partial charge in [0.15, 0.2) is 0 Å². The molecule has 0 bridgehead atoms. The summed E-state index contributed by atoms with van der Waals surface area (Å²) >= 11 is 10.6. The summed E-state index contributed by atoms with van der Waals surface area (Å²) in [5.41, 5.74) is 0.0270. The number of rotatable bonds is 1. The van der Waals surface area contributed by atoms with Crippen molar-refractivity contribution in [2.45, 2.75) is 0 Å². The van der Waals surface area contributed by atoms with Crippen LogP contribution in [0.5, 0.6) is 5.75 Å². The normalized spacial score (nSPS) is 9.64. The molecule has 1 N–H and O–H groups in total. The fourth-order valence-corrected chi connectivity index (χ4v) is 1.00. The lowest BCUT2D eigenvalue weighted by Gasteiger charge is -1.98. The third kappa shape index (κ3) is 1.64. The Kier molecular flexibility index (Phi) is 2.37. The first-order valence-corrected chi connectivity index (χ1v) is 3.56. The lowest BCUT2D eigenvalue weighted by molar-refractivity contribution is 0.107. The predicted molar refractivity (Wildman–Crippen MR) is 43.3 cm³/mol. The van der Waals surface area contributed by atoms with E-state index in [4.69, 9.17) is 28.3 Å². The number of carbonyl (C=O) groups is 1. The van der Waals surface area contributed by atoms with Crippen molar-refractivity contribution in [1.82, 2.24) is 0 Å². The van der Waals surface area contributed by atoms with Crippen molar-refractivity contribution < 1.29 is 9.90 Å². The van der Waals surface area contributed by atoms with Gasteiger partial charge in [0.2, 0.25) is 0 Å². The van der Waals surface area contributed by atoms with Crippen molar-refractivity contribution in [2.75, 3.05) is 0 Å². The molecule has 0 aliphatic carbocycles. The lowest BCUT2D eigenvalue weighted by Crippen LogP contribution is -1.88. The molecule has 1 aromatic rings. The summed E-state index contributed by atoms with van der Waals surface area (Å²) in [6, 6.07) is 4.41. The molecule has 2 nitrogen and oxygen atoms in total. The minimum absolute atomic E-state index is 0.0270. The second-order valence-corrected chi connectivity index (χ2v) is 2.66. The van der Waals surface area contributed by atoms with Gasteiger partial charge in [-0.05, 0) is 23.7 Å². The first kappa shape index (κ1) is 8.37. The molecule has 0 aromatic heterocycles. The van der Waals surface area contributed by atoms with Crippen LogP contribution < -0.4 is 0 Å². The molecular formula is C7H4Cl2O2. The van der Waals surface area contributed by atoms with Gasteiger partial charge in [-0.2, -0.15) is 0 Å². The van der Waals surface area contributed by atoms with E-state index in [9.17, 15) is 4.79 Å². The highest BCUT2D eigenvalue weighted by Crippen LogP contribution is 2.27. The minimum Gasteiger partial charge on any atom is -0.506 e. The zero-order valence-corrected chi connectivity index (χ0v) is 6.86. The van der Waals surface area contributed by atoms with E-state index in [0.29, 0.717) is 0 Å². The summed E-state index contributed by atoms with van der Waals surface area (Å²) in [7, 11) is 0. The van der Waals surface area contributed by atoms with E-state index in [2.05, 4.69) is 0 Å². The van der Waals surface area contributed by atoms with Gasteiger partial charge in [0.1, 0.15) is 5.75 Å². The van der Waals surface area contributed by atoms with E-state index in [1.165, 1.54) is 18.2 Å². The number of hydrogen-bond donors (Lipinski definition) is 1. The van der Waals surface area contributed by atoms with Crippen LogP contribution in [0.2, 0.25) is 5.02 Å². The Bertz CT molecular complexity index is 296.